The third-order valence-electron chi connectivity index (χ3n) is 4.35. The first-order valence-electron chi connectivity index (χ1n) is 8.56. The molecule has 148 valence electrons. The zero-order valence-corrected chi connectivity index (χ0v) is 16.5. The van der Waals surface area contributed by atoms with Crippen molar-refractivity contribution in [2.24, 2.45) is 0 Å². The topological polar surface area (TPSA) is 99.1 Å². The summed E-state index contributed by atoms with van der Waals surface area (Å²) in [6.07, 6.45) is 0. The Hall–Kier alpha value is -2.85. The monoisotopic (exact) mass is 428 g/mol. The van der Waals surface area contributed by atoms with Crippen LogP contribution >= 0.6 is 11.8 Å². The van der Waals surface area contributed by atoms with Crippen LogP contribution in [0.2, 0.25) is 0 Å². The van der Waals surface area contributed by atoms with E-state index in [4.69, 9.17) is 4.74 Å². The van der Waals surface area contributed by atoms with Crippen molar-refractivity contribution in [2.45, 2.75) is 15.8 Å². The molecule has 0 bridgehead atoms. The van der Waals surface area contributed by atoms with Gasteiger partial charge >= 0.3 is 0 Å². The first-order valence-corrected chi connectivity index (χ1v) is 10.4. The first-order chi connectivity index (χ1) is 14.1. The Morgan fingerprint density at radius 2 is 1.69 bits per heavy atom. The predicted octanol–water partition coefficient (Wildman–Crippen LogP) is 4.13. The van der Waals surface area contributed by atoms with E-state index < -0.39 is 23.2 Å². The molecular weight excluding hydrogens is 412 g/mol. The van der Waals surface area contributed by atoms with Crippen LogP contribution in [0.25, 0.3) is 0 Å². The molecule has 4 rings (SSSR count). The number of nitrogens with one attached hydrogen (secondary N) is 1. The van der Waals surface area contributed by atoms with Crippen molar-refractivity contribution in [1.29, 1.82) is 0 Å². The van der Waals surface area contributed by atoms with Gasteiger partial charge in [-0.1, -0.05) is 54.2 Å². The van der Waals surface area contributed by atoms with Gasteiger partial charge in [-0.25, -0.2) is 9.69 Å². The van der Waals surface area contributed by atoms with Gasteiger partial charge in [0.05, 0.1) is 15.5 Å². The number of benzene rings is 3. The smallest absolute Gasteiger partial charge is 0.271 e. The average Bonchev–Trinajstić information content (AvgIpc) is 2.75. The lowest BCUT2D eigenvalue weighted by Gasteiger charge is -2.29. The fourth-order valence-electron chi connectivity index (χ4n) is 3.07. The summed E-state index contributed by atoms with van der Waals surface area (Å²) in [5, 5.41) is 9.21. The van der Waals surface area contributed by atoms with Gasteiger partial charge in [0.2, 0.25) is 0 Å². The van der Waals surface area contributed by atoms with Crippen LogP contribution in [-0.4, -0.2) is 19.9 Å². The molecule has 1 aliphatic heterocycles. The molecule has 0 radical (unpaired) electrons. The molecule has 0 saturated carbocycles. The second kappa shape index (κ2) is 8.26. The highest BCUT2D eigenvalue weighted by atomic mass is 32.2. The van der Waals surface area contributed by atoms with Crippen LogP contribution in [0.15, 0.2) is 82.6 Å². The van der Waals surface area contributed by atoms with Crippen LogP contribution in [0.3, 0.4) is 0 Å². The Bertz CT molecular complexity index is 1080. The highest BCUT2D eigenvalue weighted by Crippen LogP contribution is 2.48. The Balaban J connectivity index is 1.76. The summed E-state index contributed by atoms with van der Waals surface area (Å²) in [5.41, 5.74) is 2.37. The third kappa shape index (κ3) is 3.85. The van der Waals surface area contributed by atoms with E-state index in [2.05, 4.69) is 0 Å². The van der Waals surface area contributed by atoms with Crippen molar-refractivity contribution >= 4 is 34.6 Å². The Labute approximate surface area is 173 Å². The van der Waals surface area contributed by atoms with Gasteiger partial charge in [0.25, 0.3) is 17.2 Å². The fraction of sp³-hybridized carbons (Fsp3) is 0.0500. The Morgan fingerprint density at radius 3 is 2.41 bits per heavy atom. The third-order valence-corrected chi connectivity index (χ3v) is 6.20. The molecule has 3 N–H and O–H groups in total. The number of carbonyl (C=O) groups is 1. The van der Waals surface area contributed by atoms with E-state index in [9.17, 15) is 18.8 Å². The summed E-state index contributed by atoms with van der Waals surface area (Å²) in [6.45, 7) is 0. The maximum absolute atomic E-state index is 12.4. The second-order valence-electron chi connectivity index (χ2n) is 6.13. The summed E-state index contributed by atoms with van der Waals surface area (Å²) in [7, 11) is 0. The van der Waals surface area contributed by atoms with Crippen molar-refractivity contribution < 1.29 is 23.5 Å². The number of carbonyl (C=O) groups excluding carboxylic acids is 1. The highest BCUT2D eigenvalue weighted by Gasteiger charge is 2.32. The van der Waals surface area contributed by atoms with Gasteiger partial charge in [0, 0.05) is 0 Å². The summed E-state index contributed by atoms with van der Waals surface area (Å²) in [6, 6.07) is 19.8. The van der Waals surface area contributed by atoms with E-state index in [1.54, 1.807) is 54.0 Å². The van der Waals surface area contributed by atoms with Gasteiger partial charge in [-0.15, -0.1) is 0 Å². The van der Waals surface area contributed by atoms with E-state index in [0.29, 0.717) is 17.0 Å². The molecule has 2 unspecified atom stereocenters. The molecule has 1 amide bonds. The number of nitrogens with zero attached hydrogens (tertiary/aromatic N) is 1. The highest BCUT2D eigenvalue weighted by molar-refractivity contribution is 7.99. The molecule has 7 nitrogen and oxygen atoms in total. The minimum Gasteiger partial charge on any atom is -0.455 e. The molecule has 0 saturated heterocycles. The SMILES string of the molecule is O=C(NO)C(c1ccccc1)N(c1ccc2c(c1)Sc1ccccc1O2)S(=O)O. The van der Waals surface area contributed by atoms with Crippen molar-refractivity contribution in [2.75, 3.05) is 4.31 Å². The van der Waals surface area contributed by atoms with Gasteiger partial charge in [-0.3, -0.25) is 18.9 Å². The maximum atomic E-state index is 12.4. The number of hydrogen-bond donors (Lipinski definition) is 3. The summed E-state index contributed by atoms with van der Waals surface area (Å²) >= 11 is -1.08. The van der Waals surface area contributed by atoms with Gasteiger partial charge in [0.15, 0.2) is 6.04 Å². The molecule has 2 atom stereocenters. The zero-order valence-electron chi connectivity index (χ0n) is 14.9. The summed E-state index contributed by atoms with van der Waals surface area (Å²) in [4.78, 5) is 14.1. The van der Waals surface area contributed by atoms with Crippen molar-refractivity contribution in [3.63, 3.8) is 0 Å². The number of hydroxylamine groups is 1. The zero-order chi connectivity index (χ0) is 20.4. The standard InChI is InChI=1S/C20H16N2O5S2/c23-20(21-24)19(13-6-2-1-3-7-13)22(29(25)26)14-10-11-16-18(12-14)28-17-9-5-4-8-15(17)27-16/h1-12,19,24H,(H,21,23)(H,25,26). The molecule has 0 fully saturated rings. The van der Waals surface area contributed by atoms with E-state index in [1.165, 1.54) is 11.8 Å². The number of ether oxygens (including phenoxy) is 1. The molecule has 3 aromatic carbocycles. The second-order valence-corrected chi connectivity index (χ2v) is 8.07. The van der Waals surface area contributed by atoms with Gasteiger partial charge in [-0.05, 0) is 35.9 Å². The molecule has 29 heavy (non-hydrogen) atoms. The minimum absolute atomic E-state index is 0.331. The van der Waals surface area contributed by atoms with Crippen LogP contribution in [0.4, 0.5) is 5.69 Å². The van der Waals surface area contributed by atoms with Crippen LogP contribution in [0.5, 0.6) is 11.5 Å². The molecule has 1 aliphatic rings. The number of hydrogen-bond acceptors (Lipinski definition) is 5. The van der Waals surface area contributed by atoms with Gasteiger partial charge < -0.3 is 4.74 Å². The molecule has 3 aromatic rings. The lowest BCUT2D eigenvalue weighted by Crippen LogP contribution is -2.40. The van der Waals surface area contributed by atoms with Gasteiger partial charge in [-0.2, -0.15) is 0 Å². The van der Waals surface area contributed by atoms with Gasteiger partial charge in [0.1, 0.15) is 11.5 Å². The minimum atomic E-state index is -2.54. The molecule has 0 aromatic heterocycles. The number of rotatable bonds is 5. The van der Waals surface area contributed by atoms with Crippen LogP contribution < -0.4 is 14.5 Å². The lowest BCUT2D eigenvalue weighted by molar-refractivity contribution is -0.130. The quantitative estimate of drug-likeness (QED) is 0.251. The largest absolute Gasteiger partial charge is 0.455 e. The summed E-state index contributed by atoms with van der Waals surface area (Å²) < 4.78 is 29.2. The number of amides is 1. The lowest BCUT2D eigenvalue weighted by atomic mass is 10.1. The summed E-state index contributed by atoms with van der Waals surface area (Å²) in [5.74, 6) is 0.525. The number of anilines is 1. The fourth-order valence-corrected chi connectivity index (χ4v) is 4.75. The molecule has 9 heteroatoms. The Kier molecular flexibility index (Phi) is 5.54. The van der Waals surface area contributed by atoms with E-state index in [0.717, 1.165) is 19.8 Å². The average molecular weight is 428 g/mol. The normalized spacial score (nSPS) is 14.0. The van der Waals surface area contributed by atoms with E-state index >= 15 is 0 Å². The van der Waals surface area contributed by atoms with Crippen LogP contribution in [0, 0.1) is 0 Å². The van der Waals surface area contributed by atoms with Crippen molar-refractivity contribution in [3.8, 4) is 11.5 Å². The predicted molar refractivity (Wildman–Crippen MR) is 109 cm³/mol. The Morgan fingerprint density at radius 1 is 1.00 bits per heavy atom. The van der Waals surface area contributed by atoms with Crippen molar-refractivity contribution in [1.82, 2.24) is 5.48 Å². The van der Waals surface area contributed by atoms with Crippen molar-refractivity contribution in [3.05, 3.63) is 78.4 Å². The van der Waals surface area contributed by atoms with Crippen LogP contribution in [0.1, 0.15) is 11.6 Å². The van der Waals surface area contributed by atoms with E-state index in [1.807, 2.05) is 24.3 Å². The molecule has 0 spiro atoms. The van der Waals surface area contributed by atoms with E-state index in [-0.39, 0.29) is 0 Å². The number of fused-ring (bicyclic) bond motifs is 2. The molecule has 1 heterocycles. The molecular formula is C20H16N2O5S2. The first kappa shape index (κ1) is 19.5. The maximum Gasteiger partial charge on any atom is 0.271 e. The van der Waals surface area contributed by atoms with Crippen LogP contribution in [-0.2, 0) is 16.1 Å². The number of para-hydroxylation sites is 1. The molecule has 0 aliphatic carbocycles.